The molecule has 5 heteroatoms. The minimum absolute atomic E-state index is 0.114. The number of aromatic nitrogens is 2. The molecule has 0 unspecified atom stereocenters. The summed E-state index contributed by atoms with van der Waals surface area (Å²) in [6.45, 7) is 2.70. The molecule has 4 rings (SSSR count). The lowest BCUT2D eigenvalue weighted by Gasteiger charge is -2.46. The highest BCUT2D eigenvalue weighted by Crippen LogP contribution is 2.36. The Morgan fingerprint density at radius 1 is 0.958 bits per heavy atom. The third-order valence-electron chi connectivity index (χ3n) is 6.13. The maximum Gasteiger partial charge on any atom is 0.227 e. The van der Waals surface area contributed by atoms with Crippen molar-refractivity contribution in [2.45, 2.75) is 57.4 Å². The molecule has 0 N–H and O–H groups in total. The van der Waals surface area contributed by atoms with Crippen molar-refractivity contribution < 1.29 is 4.79 Å². The first-order valence-corrected chi connectivity index (χ1v) is 9.65. The van der Waals surface area contributed by atoms with Gasteiger partial charge in [0.1, 0.15) is 0 Å². The van der Waals surface area contributed by atoms with E-state index in [1.165, 1.54) is 38.5 Å². The Bertz CT molecular complexity index is 562. The molecule has 1 saturated carbocycles. The van der Waals surface area contributed by atoms with Crippen molar-refractivity contribution in [3.05, 3.63) is 18.5 Å². The Labute approximate surface area is 144 Å². The lowest BCUT2D eigenvalue weighted by molar-refractivity contribution is -0.142. The molecule has 0 aromatic carbocycles. The summed E-state index contributed by atoms with van der Waals surface area (Å²) in [6, 6.07) is 2.36. The molecule has 3 atom stereocenters. The fourth-order valence-corrected chi connectivity index (χ4v) is 4.95. The number of anilines is 1. The molecule has 0 radical (unpaired) electrons. The lowest BCUT2D eigenvalue weighted by Crippen LogP contribution is -2.53. The third kappa shape index (κ3) is 3.13. The number of likely N-dealkylation sites (tertiary alicyclic amines) is 1. The molecule has 1 amide bonds. The van der Waals surface area contributed by atoms with Gasteiger partial charge < -0.3 is 9.80 Å². The van der Waals surface area contributed by atoms with Crippen LogP contribution in [0.1, 0.15) is 51.4 Å². The van der Waals surface area contributed by atoms with Gasteiger partial charge in [-0.1, -0.05) is 12.8 Å². The SMILES string of the molecule is O=C([C@@H]1CCCN(c2ncccn2)C1)N1CCC[C@@H]2CCCC[C@H]21. The highest BCUT2D eigenvalue weighted by atomic mass is 16.2. The van der Waals surface area contributed by atoms with Crippen molar-refractivity contribution in [3.8, 4) is 0 Å². The van der Waals surface area contributed by atoms with Gasteiger partial charge in [-0.25, -0.2) is 9.97 Å². The summed E-state index contributed by atoms with van der Waals surface area (Å²) < 4.78 is 0. The van der Waals surface area contributed by atoms with Crippen LogP contribution in [0, 0.1) is 11.8 Å². The van der Waals surface area contributed by atoms with Crippen molar-refractivity contribution >= 4 is 11.9 Å². The summed E-state index contributed by atoms with van der Waals surface area (Å²) in [5.41, 5.74) is 0. The minimum atomic E-state index is 0.114. The average Bonchev–Trinajstić information content (AvgIpc) is 2.68. The first-order valence-electron chi connectivity index (χ1n) is 9.65. The van der Waals surface area contributed by atoms with Crippen molar-refractivity contribution in [1.29, 1.82) is 0 Å². The molecule has 1 aromatic heterocycles. The van der Waals surface area contributed by atoms with Crippen LogP contribution in [0.3, 0.4) is 0 Å². The monoisotopic (exact) mass is 328 g/mol. The van der Waals surface area contributed by atoms with Crippen LogP contribution in [0.15, 0.2) is 18.5 Å². The molecule has 2 aliphatic heterocycles. The third-order valence-corrected chi connectivity index (χ3v) is 6.13. The molecule has 3 heterocycles. The minimum Gasteiger partial charge on any atom is -0.340 e. The zero-order valence-corrected chi connectivity index (χ0v) is 14.4. The number of hydrogen-bond donors (Lipinski definition) is 0. The number of amides is 1. The summed E-state index contributed by atoms with van der Waals surface area (Å²) in [6.07, 6.45) is 13.3. The molecule has 5 nitrogen and oxygen atoms in total. The molecule has 130 valence electrons. The number of piperidine rings is 2. The van der Waals surface area contributed by atoms with Crippen molar-refractivity contribution in [2.24, 2.45) is 11.8 Å². The Morgan fingerprint density at radius 2 is 1.71 bits per heavy atom. The first kappa shape index (κ1) is 15.9. The van der Waals surface area contributed by atoms with Crippen LogP contribution in [0.5, 0.6) is 0 Å². The van der Waals surface area contributed by atoms with Gasteiger partial charge in [0.05, 0.1) is 5.92 Å². The number of rotatable bonds is 2. The van der Waals surface area contributed by atoms with Crippen molar-refractivity contribution in [3.63, 3.8) is 0 Å². The largest absolute Gasteiger partial charge is 0.340 e. The Kier molecular flexibility index (Phi) is 4.67. The van der Waals surface area contributed by atoms with Crippen LogP contribution in [0.25, 0.3) is 0 Å². The molecule has 0 bridgehead atoms. The zero-order valence-electron chi connectivity index (χ0n) is 14.4. The first-order chi connectivity index (χ1) is 11.8. The number of fused-ring (bicyclic) bond motifs is 1. The van der Waals surface area contributed by atoms with E-state index < -0.39 is 0 Å². The topological polar surface area (TPSA) is 49.3 Å². The molecule has 0 spiro atoms. The van der Waals surface area contributed by atoms with E-state index in [1.807, 2.05) is 6.07 Å². The Morgan fingerprint density at radius 3 is 2.58 bits per heavy atom. The van der Waals surface area contributed by atoms with Gasteiger partial charge in [-0.2, -0.15) is 0 Å². The van der Waals surface area contributed by atoms with E-state index in [1.54, 1.807) is 12.4 Å². The van der Waals surface area contributed by atoms with Gasteiger partial charge in [-0.3, -0.25) is 4.79 Å². The highest BCUT2D eigenvalue weighted by Gasteiger charge is 2.39. The van der Waals surface area contributed by atoms with E-state index in [4.69, 9.17) is 0 Å². The molecule has 1 aliphatic carbocycles. The van der Waals surface area contributed by atoms with Crippen LogP contribution in [0.4, 0.5) is 5.95 Å². The predicted molar refractivity (Wildman–Crippen MR) is 93.7 cm³/mol. The lowest BCUT2D eigenvalue weighted by atomic mass is 9.77. The highest BCUT2D eigenvalue weighted by molar-refractivity contribution is 5.80. The van der Waals surface area contributed by atoms with Crippen LogP contribution in [-0.2, 0) is 4.79 Å². The van der Waals surface area contributed by atoms with Gasteiger partial charge in [0.25, 0.3) is 0 Å². The van der Waals surface area contributed by atoms with E-state index in [-0.39, 0.29) is 5.92 Å². The second-order valence-electron chi connectivity index (χ2n) is 7.62. The molecule has 3 fully saturated rings. The fraction of sp³-hybridized carbons (Fsp3) is 0.737. The fourth-order valence-electron chi connectivity index (χ4n) is 4.95. The molecular formula is C19H28N4O. The van der Waals surface area contributed by atoms with Crippen LogP contribution in [0.2, 0.25) is 0 Å². The van der Waals surface area contributed by atoms with Gasteiger partial charge in [0, 0.05) is 38.1 Å². The summed E-state index contributed by atoms with van der Waals surface area (Å²) in [4.78, 5) is 26.4. The zero-order chi connectivity index (χ0) is 16.4. The van der Waals surface area contributed by atoms with Gasteiger partial charge in [-0.15, -0.1) is 0 Å². The molecule has 3 aliphatic rings. The van der Waals surface area contributed by atoms with Crippen molar-refractivity contribution in [1.82, 2.24) is 14.9 Å². The van der Waals surface area contributed by atoms with E-state index in [0.717, 1.165) is 44.3 Å². The smallest absolute Gasteiger partial charge is 0.227 e. The van der Waals surface area contributed by atoms with Gasteiger partial charge in [-0.05, 0) is 50.5 Å². The molecule has 2 saturated heterocycles. The van der Waals surface area contributed by atoms with Gasteiger partial charge >= 0.3 is 0 Å². The normalized spacial score (nSPS) is 30.8. The summed E-state index contributed by atoms with van der Waals surface area (Å²) >= 11 is 0. The Balaban J connectivity index is 1.45. The van der Waals surface area contributed by atoms with Gasteiger partial charge in [0.2, 0.25) is 11.9 Å². The molecule has 24 heavy (non-hydrogen) atoms. The number of hydrogen-bond acceptors (Lipinski definition) is 4. The van der Waals surface area contributed by atoms with E-state index in [0.29, 0.717) is 11.9 Å². The van der Waals surface area contributed by atoms with Crippen LogP contribution < -0.4 is 4.90 Å². The predicted octanol–water partition coefficient (Wildman–Crippen LogP) is 2.87. The van der Waals surface area contributed by atoms with Crippen LogP contribution >= 0.6 is 0 Å². The maximum atomic E-state index is 13.2. The standard InChI is InChI=1S/C19H28N4O/c24-18(23-13-4-7-15-6-1-2-9-17(15)23)16-8-3-12-22(14-16)19-20-10-5-11-21-19/h5,10-11,15-17H,1-4,6-9,12-14H2/t15-,16+,17+/m0/s1. The second kappa shape index (κ2) is 7.08. The van der Waals surface area contributed by atoms with E-state index >= 15 is 0 Å². The number of carbonyl (C=O) groups excluding carboxylic acids is 1. The number of nitrogens with zero attached hydrogens (tertiary/aromatic N) is 4. The Hall–Kier alpha value is -1.65. The van der Waals surface area contributed by atoms with Crippen LogP contribution in [-0.4, -0.2) is 46.5 Å². The molecular weight excluding hydrogens is 300 g/mol. The van der Waals surface area contributed by atoms with Crippen molar-refractivity contribution in [2.75, 3.05) is 24.5 Å². The number of carbonyl (C=O) groups is 1. The van der Waals surface area contributed by atoms with Gasteiger partial charge in [0.15, 0.2) is 0 Å². The molecule has 1 aromatic rings. The summed E-state index contributed by atoms with van der Waals surface area (Å²) in [5.74, 6) is 2.04. The average molecular weight is 328 g/mol. The van der Waals surface area contributed by atoms with E-state index in [2.05, 4.69) is 19.8 Å². The quantitative estimate of drug-likeness (QED) is 0.837. The second-order valence-corrected chi connectivity index (χ2v) is 7.62. The summed E-state index contributed by atoms with van der Waals surface area (Å²) in [7, 11) is 0. The summed E-state index contributed by atoms with van der Waals surface area (Å²) in [5, 5.41) is 0. The van der Waals surface area contributed by atoms with E-state index in [9.17, 15) is 4.79 Å². The maximum absolute atomic E-state index is 13.2.